The first kappa shape index (κ1) is 20.5. The molecule has 1 N–H and O–H groups in total. The SMILES string of the molecule is Cc1nc(NC(=O)c2nnn(-c3cccc(Cl)c3)c2C)sc1Cc1ccccc1Cl. The Balaban J connectivity index is 1.53. The number of amides is 1. The largest absolute Gasteiger partial charge is 0.296 e. The molecule has 0 fully saturated rings. The summed E-state index contributed by atoms with van der Waals surface area (Å²) >= 11 is 13.7. The molecule has 152 valence electrons. The first-order valence-electron chi connectivity index (χ1n) is 9.11. The molecular formula is C21H17Cl2N5OS. The van der Waals surface area contributed by atoms with Gasteiger partial charge in [-0.25, -0.2) is 9.67 Å². The van der Waals surface area contributed by atoms with Crippen LogP contribution in [0.3, 0.4) is 0 Å². The number of halogens is 2. The van der Waals surface area contributed by atoms with Gasteiger partial charge in [-0.2, -0.15) is 0 Å². The number of nitrogens with one attached hydrogen (secondary N) is 1. The molecule has 0 spiro atoms. The van der Waals surface area contributed by atoms with Gasteiger partial charge in [-0.1, -0.05) is 52.7 Å². The predicted molar refractivity (Wildman–Crippen MR) is 120 cm³/mol. The fourth-order valence-electron chi connectivity index (χ4n) is 3.01. The van der Waals surface area contributed by atoms with E-state index in [0.29, 0.717) is 27.3 Å². The van der Waals surface area contributed by atoms with Crippen molar-refractivity contribution >= 4 is 45.6 Å². The van der Waals surface area contributed by atoms with Crippen molar-refractivity contribution in [2.24, 2.45) is 0 Å². The van der Waals surface area contributed by atoms with E-state index >= 15 is 0 Å². The van der Waals surface area contributed by atoms with Gasteiger partial charge in [-0.15, -0.1) is 16.4 Å². The summed E-state index contributed by atoms with van der Waals surface area (Å²) in [5.41, 5.74) is 3.45. The fraction of sp³-hybridized carbons (Fsp3) is 0.143. The zero-order valence-electron chi connectivity index (χ0n) is 16.2. The first-order valence-corrected chi connectivity index (χ1v) is 10.7. The van der Waals surface area contributed by atoms with Gasteiger partial charge in [-0.05, 0) is 43.7 Å². The third kappa shape index (κ3) is 4.23. The zero-order valence-corrected chi connectivity index (χ0v) is 18.5. The number of nitrogens with zero attached hydrogens (tertiary/aromatic N) is 4. The summed E-state index contributed by atoms with van der Waals surface area (Å²) in [6, 6.07) is 14.9. The van der Waals surface area contributed by atoms with Gasteiger partial charge in [0.05, 0.1) is 17.1 Å². The maximum absolute atomic E-state index is 12.8. The van der Waals surface area contributed by atoms with E-state index in [1.54, 1.807) is 23.7 Å². The van der Waals surface area contributed by atoms with Crippen molar-refractivity contribution in [1.82, 2.24) is 20.0 Å². The molecular weight excluding hydrogens is 441 g/mol. The molecule has 0 aliphatic carbocycles. The van der Waals surface area contributed by atoms with Gasteiger partial charge in [0.15, 0.2) is 10.8 Å². The minimum atomic E-state index is -0.362. The molecule has 0 unspecified atom stereocenters. The number of thiazole rings is 1. The van der Waals surface area contributed by atoms with Crippen LogP contribution in [0.15, 0.2) is 48.5 Å². The summed E-state index contributed by atoms with van der Waals surface area (Å²) in [5, 5.41) is 12.8. The number of rotatable bonds is 5. The maximum atomic E-state index is 12.8. The van der Waals surface area contributed by atoms with E-state index < -0.39 is 0 Å². The van der Waals surface area contributed by atoms with Crippen LogP contribution in [0.4, 0.5) is 5.13 Å². The lowest BCUT2D eigenvalue weighted by molar-refractivity contribution is 0.102. The van der Waals surface area contributed by atoms with Crippen LogP contribution in [0.5, 0.6) is 0 Å². The molecule has 30 heavy (non-hydrogen) atoms. The van der Waals surface area contributed by atoms with E-state index in [1.165, 1.54) is 11.3 Å². The number of benzene rings is 2. The Bertz CT molecular complexity index is 1230. The summed E-state index contributed by atoms with van der Waals surface area (Å²) < 4.78 is 1.58. The summed E-state index contributed by atoms with van der Waals surface area (Å²) in [7, 11) is 0. The van der Waals surface area contributed by atoms with E-state index in [2.05, 4.69) is 20.6 Å². The van der Waals surface area contributed by atoms with Gasteiger partial charge >= 0.3 is 0 Å². The highest BCUT2D eigenvalue weighted by atomic mass is 35.5. The average molecular weight is 458 g/mol. The number of aryl methyl sites for hydroxylation is 1. The Labute approximate surface area is 187 Å². The van der Waals surface area contributed by atoms with E-state index in [-0.39, 0.29) is 11.6 Å². The zero-order chi connectivity index (χ0) is 21.3. The molecule has 2 aromatic heterocycles. The molecule has 9 heteroatoms. The van der Waals surface area contributed by atoms with Gasteiger partial charge in [0.2, 0.25) is 0 Å². The molecule has 4 rings (SSSR count). The van der Waals surface area contributed by atoms with Crippen molar-refractivity contribution in [3.05, 3.63) is 86.1 Å². The standard InChI is InChI=1S/C21H17Cl2N5OS/c1-12-18(10-14-6-3-4-9-17(14)23)30-21(24-12)25-20(29)19-13(2)28(27-26-19)16-8-5-7-15(22)11-16/h3-9,11H,10H2,1-2H3,(H,24,25,29). The second-order valence-corrected chi connectivity index (χ2v) is 8.59. The smallest absolute Gasteiger partial charge is 0.279 e. The maximum Gasteiger partial charge on any atom is 0.279 e. The van der Waals surface area contributed by atoms with Crippen molar-refractivity contribution in [2.75, 3.05) is 5.32 Å². The van der Waals surface area contributed by atoms with Crippen LogP contribution in [0.2, 0.25) is 10.0 Å². The highest BCUT2D eigenvalue weighted by Crippen LogP contribution is 2.28. The number of hydrogen-bond acceptors (Lipinski definition) is 5. The minimum Gasteiger partial charge on any atom is -0.296 e. The van der Waals surface area contributed by atoms with Crippen LogP contribution < -0.4 is 5.32 Å². The van der Waals surface area contributed by atoms with Crippen molar-refractivity contribution < 1.29 is 4.79 Å². The molecule has 0 saturated carbocycles. The molecule has 0 atom stereocenters. The van der Waals surface area contributed by atoms with Gasteiger partial charge in [0.1, 0.15) is 0 Å². The molecule has 0 aliphatic heterocycles. The number of carbonyl (C=O) groups excluding carboxylic acids is 1. The van der Waals surface area contributed by atoms with Gasteiger partial charge in [0.25, 0.3) is 5.91 Å². The number of hydrogen-bond donors (Lipinski definition) is 1. The van der Waals surface area contributed by atoms with Crippen LogP contribution in [-0.4, -0.2) is 25.9 Å². The first-order chi connectivity index (χ1) is 14.4. The molecule has 2 aromatic carbocycles. The Morgan fingerprint density at radius 1 is 1.13 bits per heavy atom. The van der Waals surface area contributed by atoms with Gasteiger partial charge < -0.3 is 0 Å². The summed E-state index contributed by atoms with van der Waals surface area (Å²) in [6.45, 7) is 3.70. The van der Waals surface area contributed by atoms with Crippen LogP contribution in [0.1, 0.15) is 32.3 Å². The third-order valence-corrected chi connectivity index (χ3v) is 6.26. The second kappa shape index (κ2) is 8.55. The Hall–Kier alpha value is -2.74. The molecule has 0 bridgehead atoms. The molecule has 0 saturated heterocycles. The lowest BCUT2D eigenvalue weighted by atomic mass is 10.1. The van der Waals surface area contributed by atoms with E-state index in [0.717, 1.165) is 21.8 Å². The highest BCUT2D eigenvalue weighted by molar-refractivity contribution is 7.15. The lowest BCUT2D eigenvalue weighted by Crippen LogP contribution is -2.14. The monoisotopic (exact) mass is 457 g/mol. The van der Waals surface area contributed by atoms with Crippen molar-refractivity contribution in [3.8, 4) is 5.69 Å². The van der Waals surface area contributed by atoms with Crippen LogP contribution in [0, 0.1) is 13.8 Å². The molecule has 0 aliphatic rings. The summed E-state index contributed by atoms with van der Waals surface area (Å²) in [6.07, 6.45) is 0.656. The van der Waals surface area contributed by atoms with E-state index in [4.69, 9.17) is 23.2 Å². The highest BCUT2D eigenvalue weighted by Gasteiger charge is 2.20. The Morgan fingerprint density at radius 3 is 2.70 bits per heavy atom. The van der Waals surface area contributed by atoms with Crippen molar-refractivity contribution in [1.29, 1.82) is 0 Å². The summed E-state index contributed by atoms with van der Waals surface area (Å²) in [5.74, 6) is -0.362. The quantitative estimate of drug-likeness (QED) is 0.429. The second-order valence-electron chi connectivity index (χ2n) is 6.67. The number of anilines is 1. The normalized spacial score (nSPS) is 10.9. The molecule has 0 radical (unpaired) electrons. The Morgan fingerprint density at radius 2 is 1.93 bits per heavy atom. The third-order valence-electron chi connectivity index (χ3n) is 4.58. The molecule has 1 amide bonds. The fourth-order valence-corrected chi connectivity index (χ4v) is 4.38. The Kier molecular flexibility index (Phi) is 5.85. The van der Waals surface area contributed by atoms with Crippen molar-refractivity contribution in [3.63, 3.8) is 0 Å². The number of aromatic nitrogens is 4. The topological polar surface area (TPSA) is 72.7 Å². The van der Waals surface area contributed by atoms with E-state index in [1.807, 2.05) is 43.3 Å². The van der Waals surface area contributed by atoms with Crippen molar-refractivity contribution in [2.45, 2.75) is 20.3 Å². The van der Waals surface area contributed by atoms with Gasteiger partial charge in [0, 0.05) is 21.3 Å². The minimum absolute atomic E-state index is 0.232. The summed E-state index contributed by atoms with van der Waals surface area (Å²) in [4.78, 5) is 18.3. The lowest BCUT2D eigenvalue weighted by Gasteiger charge is -2.04. The predicted octanol–water partition coefficient (Wildman–Crippen LogP) is 5.49. The van der Waals surface area contributed by atoms with Crippen LogP contribution in [0.25, 0.3) is 5.69 Å². The van der Waals surface area contributed by atoms with E-state index in [9.17, 15) is 4.79 Å². The number of carbonyl (C=O) groups is 1. The van der Waals surface area contributed by atoms with Crippen LogP contribution in [-0.2, 0) is 6.42 Å². The van der Waals surface area contributed by atoms with Gasteiger partial charge in [-0.3, -0.25) is 10.1 Å². The molecule has 4 aromatic rings. The molecule has 6 nitrogen and oxygen atoms in total. The average Bonchev–Trinajstić information content (AvgIpc) is 3.26. The molecule has 2 heterocycles. The van der Waals surface area contributed by atoms with Crippen LogP contribution >= 0.6 is 34.5 Å².